The highest BCUT2D eigenvalue weighted by atomic mass is 31.0. The maximum absolute atomic E-state index is 8.31. The minimum absolute atomic E-state index is 0.296. The van der Waals surface area contributed by atoms with Crippen molar-refractivity contribution in [2.45, 2.75) is 6.61 Å². The predicted molar refractivity (Wildman–Crippen MR) is 50.9 cm³/mol. The lowest BCUT2D eigenvalue weighted by atomic mass is 10.2. The van der Waals surface area contributed by atoms with Gasteiger partial charge in [0.2, 0.25) is 0 Å². The Kier molecular flexibility index (Phi) is 2.13. The summed E-state index contributed by atoms with van der Waals surface area (Å²) in [5.41, 5.74) is 1.09. The number of rotatable bonds is 2. The Morgan fingerprint density at radius 3 is 3.00 bits per heavy atom. The molecular formula is C9H9O2P. The van der Waals surface area contributed by atoms with E-state index in [1.165, 1.54) is 10.5 Å². The van der Waals surface area contributed by atoms with Crippen molar-refractivity contribution in [3.63, 3.8) is 0 Å². The van der Waals surface area contributed by atoms with Gasteiger partial charge in [0, 0.05) is 0 Å². The highest BCUT2D eigenvalue weighted by Crippen LogP contribution is 2.29. The monoisotopic (exact) mass is 180 g/mol. The average molecular weight is 180 g/mol. The van der Waals surface area contributed by atoms with Gasteiger partial charge in [-0.1, -0.05) is 24.3 Å². The van der Waals surface area contributed by atoms with Gasteiger partial charge in [0.05, 0.1) is 0 Å². The lowest BCUT2D eigenvalue weighted by Crippen LogP contribution is -1.84. The first kappa shape index (κ1) is 7.81. The van der Waals surface area contributed by atoms with E-state index in [2.05, 4.69) is 22.8 Å². The molecule has 0 saturated carbocycles. The third-order valence-electron chi connectivity index (χ3n) is 1.89. The zero-order valence-electron chi connectivity index (χ0n) is 6.45. The van der Waals surface area contributed by atoms with Gasteiger partial charge in [-0.2, -0.15) is 0 Å². The Balaban J connectivity index is 2.55. The SMILES string of the molecule is OOCc1c[pH]c2ccccc12. The first-order chi connectivity index (χ1) is 5.92. The topological polar surface area (TPSA) is 29.5 Å². The molecule has 0 aliphatic rings. The van der Waals surface area contributed by atoms with Crippen molar-refractivity contribution in [2.24, 2.45) is 0 Å². The van der Waals surface area contributed by atoms with Crippen LogP contribution in [0, 0.1) is 0 Å². The van der Waals surface area contributed by atoms with Crippen LogP contribution in [0.25, 0.3) is 10.5 Å². The van der Waals surface area contributed by atoms with Crippen molar-refractivity contribution in [3.05, 3.63) is 35.6 Å². The van der Waals surface area contributed by atoms with Crippen molar-refractivity contribution in [1.29, 1.82) is 0 Å². The smallest absolute Gasteiger partial charge is 0.108 e. The first-order valence-electron chi connectivity index (χ1n) is 3.73. The fourth-order valence-electron chi connectivity index (χ4n) is 1.32. The van der Waals surface area contributed by atoms with Gasteiger partial charge >= 0.3 is 0 Å². The zero-order valence-corrected chi connectivity index (χ0v) is 7.45. The Morgan fingerprint density at radius 1 is 1.33 bits per heavy atom. The lowest BCUT2D eigenvalue weighted by Gasteiger charge is -1.94. The Hall–Kier alpha value is -0.820. The second-order valence-corrected chi connectivity index (χ2v) is 3.75. The van der Waals surface area contributed by atoms with Crippen LogP contribution >= 0.6 is 8.19 Å². The van der Waals surface area contributed by atoms with Crippen LogP contribution in [0.15, 0.2) is 30.1 Å². The van der Waals surface area contributed by atoms with Crippen LogP contribution in [0.1, 0.15) is 5.56 Å². The zero-order chi connectivity index (χ0) is 8.39. The maximum Gasteiger partial charge on any atom is 0.108 e. The summed E-state index contributed by atoms with van der Waals surface area (Å²) in [6.45, 7) is 0.296. The predicted octanol–water partition coefficient (Wildman–Crippen LogP) is 2.86. The molecule has 1 heterocycles. The van der Waals surface area contributed by atoms with Crippen LogP contribution in [-0.2, 0) is 11.5 Å². The van der Waals surface area contributed by atoms with E-state index in [9.17, 15) is 0 Å². The third-order valence-corrected chi connectivity index (χ3v) is 3.13. The van der Waals surface area contributed by atoms with E-state index in [4.69, 9.17) is 5.26 Å². The molecule has 62 valence electrons. The van der Waals surface area contributed by atoms with Gasteiger partial charge in [-0.25, -0.2) is 4.89 Å². The average Bonchev–Trinajstić information content (AvgIpc) is 2.50. The Bertz CT molecular complexity index is 381. The summed E-state index contributed by atoms with van der Waals surface area (Å²) in [5, 5.41) is 10.9. The van der Waals surface area contributed by atoms with Gasteiger partial charge in [0.1, 0.15) is 6.61 Å². The molecule has 12 heavy (non-hydrogen) atoms. The third kappa shape index (κ3) is 1.25. The van der Waals surface area contributed by atoms with Crippen molar-refractivity contribution >= 4 is 18.7 Å². The largest absolute Gasteiger partial charge is 0.251 e. The van der Waals surface area contributed by atoms with E-state index >= 15 is 0 Å². The summed E-state index contributed by atoms with van der Waals surface area (Å²) in [7, 11) is 0.717. The second-order valence-electron chi connectivity index (χ2n) is 2.63. The molecule has 3 heteroatoms. The van der Waals surface area contributed by atoms with Crippen molar-refractivity contribution < 1.29 is 10.1 Å². The van der Waals surface area contributed by atoms with Crippen LogP contribution in [0.5, 0.6) is 0 Å². The molecule has 0 aliphatic heterocycles. The molecule has 1 aromatic heterocycles. The van der Waals surface area contributed by atoms with Gasteiger partial charge in [0.15, 0.2) is 0 Å². The van der Waals surface area contributed by atoms with Crippen LogP contribution in [0.2, 0.25) is 0 Å². The number of benzene rings is 1. The molecule has 1 unspecified atom stereocenters. The van der Waals surface area contributed by atoms with Gasteiger partial charge in [-0.3, -0.25) is 5.26 Å². The molecule has 0 spiro atoms. The van der Waals surface area contributed by atoms with Gasteiger partial charge in [-0.05, 0) is 21.9 Å². The summed E-state index contributed by atoms with van der Waals surface area (Å²) in [4.78, 5) is 4.12. The van der Waals surface area contributed by atoms with Crippen molar-refractivity contribution in [3.8, 4) is 0 Å². The quantitative estimate of drug-likeness (QED) is 0.568. The summed E-state index contributed by atoms with van der Waals surface area (Å²) in [6.07, 6.45) is 0. The van der Waals surface area contributed by atoms with Gasteiger partial charge in [0.25, 0.3) is 0 Å². The molecule has 0 saturated heterocycles. The molecule has 0 aliphatic carbocycles. The molecule has 0 amide bonds. The highest BCUT2D eigenvalue weighted by molar-refractivity contribution is 7.36. The molecule has 1 aromatic carbocycles. The van der Waals surface area contributed by atoms with Crippen LogP contribution in [-0.4, -0.2) is 5.26 Å². The molecule has 2 aromatic rings. The molecule has 0 bridgehead atoms. The molecule has 1 N–H and O–H groups in total. The second kappa shape index (κ2) is 3.28. The fourth-order valence-corrected chi connectivity index (χ4v) is 2.48. The minimum atomic E-state index is 0.296. The van der Waals surface area contributed by atoms with Crippen molar-refractivity contribution in [2.75, 3.05) is 0 Å². The highest BCUT2D eigenvalue weighted by Gasteiger charge is 2.00. The van der Waals surface area contributed by atoms with Crippen LogP contribution in [0.3, 0.4) is 0 Å². The normalized spacial score (nSPS) is 11.4. The van der Waals surface area contributed by atoms with Gasteiger partial charge < -0.3 is 0 Å². The molecule has 0 radical (unpaired) electrons. The van der Waals surface area contributed by atoms with E-state index in [1.54, 1.807) is 0 Å². The fraction of sp³-hybridized carbons (Fsp3) is 0.111. The van der Waals surface area contributed by atoms with E-state index in [1.807, 2.05) is 12.1 Å². The minimum Gasteiger partial charge on any atom is -0.251 e. The summed E-state index contributed by atoms with van der Waals surface area (Å²) in [6, 6.07) is 8.19. The summed E-state index contributed by atoms with van der Waals surface area (Å²) in [5.74, 6) is 2.11. The molecule has 2 rings (SSSR count). The van der Waals surface area contributed by atoms with Gasteiger partial charge in [-0.15, -0.1) is 8.19 Å². The Morgan fingerprint density at radius 2 is 2.17 bits per heavy atom. The summed E-state index contributed by atoms with van der Waals surface area (Å²) >= 11 is 0. The van der Waals surface area contributed by atoms with E-state index in [-0.39, 0.29) is 0 Å². The molecule has 2 nitrogen and oxygen atoms in total. The number of hydrogen-bond donors (Lipinski definition) is 1. The van der Waals surface area contributed by atoms with Crippen molar-refractivity contribution in [1.82, 2.24) is 0 Å². The van der Waals surface area contributed by atoms with E-state index in [0.717, 1.165) is 5.56 Å². The van der Waals surface area contributed by atoms with Crippen LogP contribution < -0.4 is 0 Å². The first-order valence-corrected chi connectivity index (χ1v) is 4.81. The Labute approximate surface area is 71.8 Å². The number of fused-ring (bicyclic) bond motifs is 1. The standard InChI is InChI=1S/C9H9O2P/c10-11-5-7-6-12-9-4-2-1-3-8(7)9/h1-4,6,10,12H,5H2. The molecule has 0 fully saturated rings. The summed E-state index contributed by atoms with van der Waals surface area (Å²) < 4.78 is 0. The maximum atomic E-state index is 8.31. The van der Waals surface area contributed by atoms with E-state index in [0.29, 0.717) is 14.8 Å². The number of hydrogen-bond acceptors (Lipinski definition) is 2. The van der Waals surface area contributed by atoms with E-state index < -0.39 is 0 Å². The molecular weight excluding hydrogens is 171 g/mol. The lowest BCUT2D eigenvalue weighted by molar-refractivity contribution is -0.252. The van der Waals surface area contributed by atoms with Crippen LogP contribution in [0.4, 0.5) is 0 Å². The molecule has 1 atom stereocenters.